The molecule has 2 N–H and O–H groups in total. The Labute approximate surface area is 123 Å². The average Bonchev–Trinajstić information content (AvgIpc) is 2.35. The fourth-order valence-electron chi connectivity index (χ4n) is 1.20. The highest BCUT2D eigenvalue weighted by Crippen LogP contribution is 2.09. The number of carbonyl (C=O) groups excluding carboxylic acids is 2. The third-order valence-electron chi connectivity index (χ3n) is 2.16. The Morgan fingerprint density at radius 2 is 1.85 bits per heavy atom. The third kappa shape index (κ3) is 6.33. The van der Waals surface area contributed by atoms with Gasteiger partial charge in [-0.15, -0.1) is 0 Å². The van der Waals surface area contributed by atoms with Gasteiger partial charge in [-0.2, -0.15) is 5.10 Å². The highest BCUT2D eigenvalue weighted by atomic mass is 35.5. The van der Waals surface area contributed by atoms with E-state index in [9.17, 15) is 9.59 Å². The summed E-state index contributed by atoms with van der Waals surface area (Å²) in [5.41, 5.74) is 2.68. The summed E-state index contributed by atoms with van der Waals surface area (Å²) in [5, 5.41) is 6.86. The molecular formula is C14H18ClN3O2. The van der Waals surface area contributed by atoms with Gasteiger partial charge in [-0.1, -0.05) is 32.4 Å². The summed E-state index contributed by atoms with van der Waals surface area (Å²) in [6.45, 7) is 5.75. The van der Waals surface area contributed by atoms with E-state index in [1.165, 1.54) is 0 Å². The minimum Gasteiger partial charge on any atom is -0.343 e. The largest absolute Gasteiger partial charge is 0.343 e. The molecule has 0 aliphatic heterocycles. The third-order valence-corrected chi connectivity index (χ3v) is 2.41. The summed E-state index contributed by atoms with van der Waals surface area (Å²) < 4.78 is 0. The first kappa shape index (κ1) is 16.2. The number of nitrogens with zero attached hydrogens (tertiary/aromatic N) is 1. The van der Waals surface area contributed by atoms with Crippen molar-refractivity contribution in [3.8, 4) is 0 Å². The van der Waals surface area contributed by atoms with Gasteiger partial charge in [0, 0.05) is 16.8 Å². The lowest BCUT2D eigenvalue weighted by atomic mass is 9.99. The highest BCUT2D eigenvalue weighted by Gasteiger charge is 2.08. The van der Waals surface area contributed by atoms with E-state index in [1.807, 2.05) is 20.8 Å². The Hall–Kier alpha value is -1.88. The van der Waals surface area contributed by atoms with Crippen molar-refractivity contribution in [3.63, 3.8) is 0 Å². The minimum absolute atomic E-state index is 0.111. The number of hydrogen-bond donors (Lipinski definition) is 2. The first-order valence-electron chi connectivity index (χ1n) is 6.15. The molecule has 0 saturated carbocycles. The molecule has 0 aliphatic carbocycles. The zero-order valence-corrected chi connectivity index (χ0v) is 12.5. The second-order valence-corrected chi connectivity index (χ2v) is 5.79. The number of amides is 2. The van der Waals surface area contributed by atoms with Crippen LogP contribution in [0.4, 0.5) is 0 Å². The van der Waals surface area contributed by atoms with Crippen LogP contribution in [0.25, 0.3) is 0 Å². The van der Waals surface area contributed by atoms with Crippen LogP contribution >= 0.6 is 11.6 Å². The summed E-state index contributed by atoms with van der Waals surface area (Å²) in [7, 11) is 0. The van der Waals surface area contributed by atoms with Gasteiger partial charge < -0.3 is 5.32 Å². The zero-order chi connectivity index (χ0) is 15.2. The van der Waals surface area contributed by atoms with Gasteiger partial charge in [0.1, 0.15) is 0 Å². The molecule has 108 valence electrons. The molecule has 1 aromatic carbocycles. The topological polar surface area (TPSA) is 70.6 Å². The van der Waals surface area contributed by atoms with Crippen LogP contribution in [0.1, 0.15) is 31.1 Å². The normalized spacial score (nSPS) is 11.4. The van der Waals surface area contributed by atoms with Crippen molar-refractivity contribution in [1.82, 2.24) is 10.7 Å². The molecule has 0 saturated heterocycles. The van der Waals surface area contributed by atoms with Crippen molar-refractivity contribution in [2.75, 3.05) is 6.54 Å². The standard InChI is InChI=1S/C14H18ClN3O2/c1-14(2,3)9-17-18-12(19)8-16-13(20)10-4-6-11(15)7-5-10/h4-7,9H,8H2,1-3H3,(H,16,20)(H,18,19). The molecule has 1 rings (SSSR count). The number of hydrazone groups is 1. The van der Waals surface area contributed by atoms with Gasteiger partial charge in [0.2, 0.25) is 0 Å². The fraction of sp³-hybridized carbons (Fsp3) is 0.357. The van der Waals surface area contributed by atoms with Crippen LogP contribution in [0, 0.1) is 5.41 Å². The van der Waals surface area contributed by atoms with Crippen LogP contribution in [-0.2, 0) is 4.79 Å². The summed E-state index contributed by atoms with van der Waals surface area (Å²) >= 11 is 5.73. The molecule has 2 amide bonds. The number of carbonyl (C=O) groups is 2. The maximum atomic E-state index is 11.7. The van der Waals surface area contributed by atoms with E-state index in [0.29, 0.717) is 10.6 Å². The average molecular weight is 296 g/mol. The van der Waals surface area contributed by atoms with Crippen molar-refractivity contribution in [2.24, 2.45) is 10.5 Å². The lowest BCUT2D eigenvalue weighted by Crippen LogP contribution is -2.35. The molecule has 0 aliphatic rings. The molecule has 0 unspecified atom stereocenters. The number of halogens is 1. The molecule has 1 aromatic rings. The summed E-state index contributed by atoms with van der Waals surface area (Å²) in [5.74, 6) is -0.718. The minimum atomic E-state index is -0.382. The Morgan fingerprint density at radius 1 is 1.25 bits per heavy atom. The van der Waals surface area contributed by atoms with Crippen molar-refractivity contribution in [2.45, 2.75) is 20.8 Å². The van der Waals surface area contributed by atoms with E-state index >= 15 is 0 Å². The molecule has 0 heterocycles. The van der Waals surface area contributed by atoms with Gasteiger partial charge in [-0.3, -0.25) is 9.59 Å². The monoisotopic (exact) mass is 295 g/mol. The number of hydrogen-bond acceptors (Lipinski definition) is 3. The van der Waals surface area contributed by atoms with Crippen LogP contribution in [0.5, 0.6) is 0 Å². The molecule has 0 bridgehead atoms. The highest BCUT2D eigenvalue weighted by molar-refractivity contribution is 6.30. The Bertz CT molecular complexity index is 504. The van der Waals surface area contributed by atoms with Gasteiger partial charge in [0.25, 0.3) is 11.8 Å². The van der Waals surface area contributed by atoms with Crippen molar-refractivity contribution >= 4 is 29.6 Å². The Morgan fingerprint density at radius 3 is 2.40 bits per heavy atom. The second-order valence-electron chi connectivity index (χ2n) is 5.35. The molecule has 0 atom stereocenters. The number of nitrogens with one attached hydrogen (secondary N) is 2. The van der Waals surface area contributed by atoms with E-state index in [0.717, 1.165) is 0 Å². The predicted octanol–water partition coefficient (Wildman–Crippen LogP) is 2.22. The molecule has 0 radical (unpaired) electrons. The number of benzene rings is 1. The van der Waals surface area contributed by atoms with Crippen LogP contribution in [0.3, 0.4) is 0 Å². The van der Waals surface area contributed by atoms with Crippen molar-refractivity contribution in [1.29, 1.82) is 0 Å². The first-order chi connectivity index (χ1) is 9.28. The predicted molar refractivity (Wildman–Crippen MR) is 79.9 cm³/mol. The van der Waals surface area contributed by atoms with E-state index < -0.39 is 0 Å². The maximum Gasteiger partial charge on any atom is 0.259 e. The SMILES string of the molecule is CC(C)(C)C=NNC(=O)CNC(=O)c1ccc(Cl)cc1. The van der Waals surface area contributed by atoms with Gasteiger partial charge in [0.15, 0.2) is 0 Å². The van der Waals surface area contributed by atoms with Gasteiger partial charge in [-0.05, 0) is 29.7 Å². The first-order valence-corrected chi connectivity index (χ1v) is 6.52. The Kier molecular flexibility index (Phi) is 5.70. The molecule has 0 aromatic heterocycles. The van der Waals surface area contributed by atoms with Gasteiger partial charge >= 0.3 is 0 Å². The smallest absolute Gasteiger partial charge is 0.259 e. The van der Waals surface area contributed by atoms with Crippen molar-refractivity contribution < 1.29 is 9.59 Å². The quantitative estimate of drug-likeness (QED) is 0.660. The van der Waals surface area contributed by atoms with E-state index in [2.05, 4.69) is 15.8 Å². The second kappa shape index (κ2) is 7.05. The molecule has 6 heteroatoms. The fourth-order valence-corrected chi connectivity index (χ4v) is 1.33. The molecule has 5 nitrogen and oxygen atoms in total. The summed E-state index contributed by atoms with van der Waals surface area (Å²) in [6, 6.07) is 6.41. The summed E-state index contributed by atoms with van der Waals surface area (Å²) in [4.78, 5) is 23.2. The molecule has 20 heavy (non-hydrogen) atoms. The van der Waals surface area contributed by atoms with Crippen LogP contribution < -0.4 is 10.7 Å². The molecule has 0 fully saturated rings. The van der Waals surface area contributed by atoms with E-state index in [4.69, 9.17) is 11.6 Å². The molecular weight excluding hydrogens is 278 g/mol. The van der Waals surface area contributed by atoms with Crippen LogP contribution in [0.15, 0.2) is 29.4 Å². The van der Waals surface area contributed by atoms with Crippen molar-refractivity contribution in [3.05, 3.63) is 34.9 Å². The number of rotatable bonds is 4. The van der Waals surface area contributed by atoms with Gasteiger partial charge in [0.05, 0.1) is 6.54 Å². The lowest BCUT2D eigenvalue weighted by molar-refractivity contribution is -0.120. The van der Waals surface area contributed by atoms with Crippen LogP contribution in [-0.4, -0.2) is 24.6 Å². The van der Waals surface area contributed by atoms with E-state index in [-0.39, 0.29) is 23.8 Å². The Balaban J connectivity index is 2.39. The van der Waals surface area contributed by atoms with E-state index in [1.54, 1.807) is 30.5 Å². The van der Waals surface area contributed by atoms with Gasteiger partial charge in [-0.25, -0.2) is 5.43 Å². The zero-order valence-electron chi connectivity index (χ0n) is 11.7. The maximum absolute atomic E-state index is 11.7. The van der Waals surface area contributed by atoms with Crippen LogP contribution in [0.2, 0.25) is 5.02 Å². The summed E-state index contributed by atoms with van der Waals surface area (Å²) in [6.07, 6.45) is 1.63. The molecule has 0 spiro atoms. The lowest BCUT2D eigenvalue weighted by Gasteiger charge is -2.10.